The predicted octanol–water partition coefficient (Wildman–Crippen LogP) is 3.71. The van der Waals surface area contributed by atoms with Crippen LogP contribution in [0.2, 0.25) is 5.15 Å². The molecular formula is C14H11BrClN3O2. The Bertz CT molecular complexity index is 706. The third-order valence-corrected chi connectivity index (χ3v) is 3.23. The lowest BCUT2D eigenvalue weighted by Gasteiger charge is -2.08. The molecule has 0 aliphatic heterocycles. The molecular weight excluding hydrogens is 358 g/mol. The molecule has 0 unspecified atom stereocenters. The SMILES string of the molecule is CC(=O)Nc1cccc(NC(=O)c2cc(Br)cnc2Cl)c1. The summed E-state index contributed by atoms with van der Waals surface area (Å²) in [6.07, 6.45) is 1.51. The van der Waals surface area contributed by atoms with E-state index in [-0.39, 0.29) is 22.5 Å². The van der Waals surface area contributed by atoms with Crippen molar-refractivity contribution in [3.05, 3.63) is 51.7 Å². The quantitative estimate of drug-likeness (QED) is 0.811. The molecule has 108 valence electrons. The van der Waals surface area contributed by atoms with E-state index in [1.807, 2.05) is 0 Å². The highest BCUT2D eigenvalue weighted by atomic mass is 79.9. The van der Waals surface area contributed by atoms with Gasteiger partial charge in [-0.1, -0.05) is 17.7 Å². The molecule has 0 fully saturated rings. The molecule has 5 nitrogen and oxygen atoms in total. The maximum atomic E-state index is 12.2. The van der Waals surface area contributed by atoms with Gasteiger partial charge >= 0.3 is 0 Å². The lowest BCUT2D eigenvalue weighted by Crippen LogP contribution is -2.13. The van der Waals surface area contributed by atoms with Crippen LogP contribution in [0.25, 0.3) is 0 Å². The van der Waals surface area contributed by atoms with Crippen LogP contribution in [0.5, 0.6) is 0 Å². The molecule has 2 aromatic rings. The summed E-state index contributed by atoms with van der Waals surface area (Å²) in [6.45, 7) is 1.41. The van der Waals surface area contributed by atoms with Crippen LogP contribution in [0.1, 0.15) is 17.3 Å². The minimum absolute atomic E-state index is 0.119. The summed E-state index contributed by atoms with van der Waals surface area (Å²) in [6, 6.07) is 8.40. The van der Waals surface area contributed by atoms with E-state index in [2.05, 4.69) is 31.5 Å². The highest BCUT2D eigenvalue weighted by molar-refractivity contribution is 9.10. The first-order valence-electron chi connectivity index (χ1n) is 5.96. The van der Waals surface area contributed by atoms with Crippen LogP contribution in [0, 0.1) is 0 Å². The van der Waals surface area contributed by atoms with Crippen molar-refractivity contribution in [2.45, 2.75) is 6.92 Å². The number of hydrogen-bond acceptors (Lipinski definition) is 3. The minimum Gasteiger partial charge on any atom is -0.326 e. The number of amides is 2. The second-order valence-corrected chi connectivity index (χ2v) is 5.48. The molecule has 21 heavy (non-hydrogen) atoms. The van der Waals surface area contributed by atoms with Gasteiger partial charge in [-0.2, -0.15) is 0 Å². The Kier molecular flexibility index (Phi) is 4.93. The van der Waals surface area contributed by atoms with Crippen molar-refractivity contribution in [3.63, 3.8) is 0 Å². The highest BCUT2D eigenvalue weighted by Gasteiger charge is 2.12. The van der Waals surface area contributed by atoms with Gasteiger partial charge in [0, 0.05) is 29.0 Å². The number of carbonyl (C=O) groups is 2. The van der Waals surface area contributed by atoms with E-state index in [9.17, 15) is 9.59 Å². The minimum atomic E-state index is -0.381. The Balaban J connectivity index is 2.19. The smallest absolute Gasteiger partial charge is 0.258 e. The van der Waals surface area contributed by atoms with E-state index < -0.39 is 0 Å². The third kappa shape index (κ3) is 4.27. The molecule has 0 radical (unpaired) electrons. The molecule has 0 aliphatic rings. The van der Waals surface area contributed by atoms with Gasteiger partial charge in [-0.3, -0.25) is 9.59 Å². The van der Waals surface area contributed by atoms with E-state index in [1.165, 1.54) is 13.1 Å². The van der Waals surface area contributed by atoms with Crippen molar-refractivity contribution >= 4 is 50.7 Å². The number of aromatic nitrogens is 1. The summed E-state index contributed by atoms with van der Waals surface area (Å²) in [5, 5.41) is 5.47. The van der Waals surface area contributed by atoms with E-state index in [0.717, 1.165) is 0 Å². The number of halogens is 2. The van der Waals surface area contributed by atoms with Gasteiger partial charge in [-0.15, -0.1) is 0 Å². The van der Waals surface area contributed by atoms with Crippen LogP contribution in [0.3, 0.4) is 0 Å². The van der Waals surface area contributed by atoms with E-state index in [0.29, 0.717) is 15.8 Å². The number of carbonyl (C=O) groups excluding carboxylic acids is 2. The second-order valence-electron chi connectivity index (χ2n) is 4.21. The number of pyridine rings is 1. The molecule has 0 spiro atoms. The zero-order chi connectivity index (χ0) is 15.4. The Morgan fingerprint density at radius 2 is 1.86 bits per heavy atom. The normalized spacial score (nSPS) is 10.0. The summed E-state index contributed by atoms with van der Waals surface area (Å²) in [5.41, 5.74) is 1.40. The van der Waals surface area contributed by atoms with Crippen LogP contribution in [-0.4, -0.2) is 16.8 Å². The molecule has 2 rings (SSSR count). The fourth-order valence-electron chi connectivity index (χ4n) is 1.66. The Morgan fingerprint density at radius 1 is 1.19 bits per heavy atom. The monoisotopic (exact) mass is 367 g/mol. The van der Waals surface area contributed by atoms with Crippen molar-refractivity contribution in [2.75, 3.05) is 10.6 Å². The van der Waals surface area contributed by atoms with Crippen molar-refractivity contribution in [2.24, 2.45) is 0 Å². The number of nitrogens with zero attached hydrogens (tertiary/aromatic N) is 1. The van der Waals surface area contributed by atoms with Crippen molar-refractivity contribution in [3.8, 4) is 0 Å². The maximum Gasteiger partial charge on any atom is 0.258 e. The lowest BCUT2D eigenvalue weighted by molar-refractivity contribution is -0.114. The fraction of sp³-hybridized carbons (Fsp3) is 0.0714. The van der Waals surface area contributed by atoms with Crippen LogP contribution >= 0.6 is 27.5 Å². The molecule has 0 saturated carbocycles. The molecule has 1 aromatic heterocycles. The Labute approximate surface area is 134 Å². The molecule has 1 heterocycles. The topological polar surface area (TPSA) is 71.1 Å². The van der Waals surface area contributed by atoms with E-state index in [1.54, 1.807) is 30.3 Å². The van der Waals surface area contributed by atoms with Crippen LogP contribution in [0.15, 0.2) is 41.0 Å². The molecule has 7 heteroatoms. The molecule has 0 saturated heterocycles. The van der Waals surface area contributed by atoms with Crippen LogP contribution in [-0.2, 0) is 4.79 Å². The predicted molar refractivity (Wildman–Crippen MR) is 85.6 cm³/mol. The van der Waals surface area contributed by atoms with Gasteiger partial charge < -0.3 is 10.6 Å². The van der Waals surface area contributed by atoms with Crippen molar-refractivity contribution in [1.82, 2.24) is 4.98 Å². The molecule has 1 aromatic carbocycles. The van der Waals surface area contributed by atoms with Crippen molar-refractivity contribution < 1.29 is 9.59 Å². The number of anilines is 2. The molecule has 2 N–H and O–H groups in total. The van der Waals surface area contributed by atoms with Gasteiger partial charge in [0.15, 0.2) is 0 Å². The average molecular weight is 369 g/mol. The standard InChI is InChI=1S/C14H11BrClN3O2/c1-8(20)18-10-3-2-4-11(6-10)19-14(21)12-5-9(15)7-17-13(12)16/h2-7H,1H3,(H,18,20)(H,19,21). The number of hydrogen-bond donors (Lipinski definition) is 2. The van der Waals surface area contributed by atoms with Gasteiger partial charge in [-0.25, -0.2) is 4.98 Å². The first-order valence-corrected chi connectivity index (χ1v) is 7.13. The second kappa shape index (κ2) is 6.69. The van der Waals surface area contributed by atoms with Gasteiger partial charge in [0.2, 0.25) is 5.91 Å². The maximum absolute atomic E-state index is 12.2. The largest absolute Gasteiger partial charge is 0.326 e. The lowest BCUT2D eigenvalue weighted by atomic mass is 10.2. The number of rotatable bonds is 3. The summed E-state index contributed by atoms with van der Waals surface area (Å²) < 4.78 is 0.657. The molecule has 0 aliphatic carbocycles. The zero-order valence-corrected chi connectivity index (χ0v) is 13.3. The van der Waals surface area contributed by atoms with Crippen LogP contribution < -0.4 is 10.6 Å². The first-order chi connectivity index (χ1) is 9.95. The zero-order valence-electron chi connectivity index (χ0n) is 11.0. The highest BCUT2D eigenvalue weighted by Crippen LogP contribution is 2.21. The third-order valence-electron chi connectivity index (χ3n) is 2.49. The van der Waals surface area contributed by atoms with Gasteiger partial charge in [-0.05, 0) is 40.2 Å². The molecule has 0 atom stereocenters. The number of benzene rings is 1. The van der Waals surface area contributed by atoms with Gasteiger partial charge in [0.05, 0.1) is 5.56 Å². The molecule has 2 amide bonds. The number of nitrogens with one attached hydrogen (secondary N) is 2. The summed E-state index contributed by atoms with van der Waals surface area (Å²) in [5.74, 6) is -0.563. The first kappa shape index (κ1) is 15.5. The van der Waals surface area contributed by atoms with Crippen LogP contribution in [0.4, 0.5) is 11.4 Å². The Morgan fingerprint density at radius 3 is 2.52 bits per heavy atom. The van der Waals surface area contributed by atoms with E-state index in [4.69, 9.17) is 11.6 Å². The summed E-state index contributed by atoms with van der Waals surface area (Å²) in [4.78, 5) is 27.1. The molecule has 0 bridgehead atoms. The van der Waals surface area contributed by atoms with Gasteiger partial charge in [0.25, 0.3) is 5.91 Å². The van der Waals surface area contributed by atoms with E-state index >= 15 is 0 Å². The van der Waals surface area contributed by atoms with Crippen molar-refractivity contribution in [1.29, 1.82) is 0 Å². The summed E-state index contributed by atoms with van der Waals surface area (Å²) >= 11 is 9.15. The summed E-state index contributed by atoms with van der Waals surface area (Å²) in [7, 11) is 0. The average Bonchev–Trinajstić information content (AvgIpc) is 2.41. The van der Waals surface area contributed by atoms with Gasteiger partial charge in [0.1, 0.15) is 5.15 Å². The Hall–Kier alpha value is -1.92. The fourth-order valence-corrected chi connectivity index (χ4v) is 2.18.